The first-order valence-corrected chi connectivity index (χ1v) is 9.28. The van der Waals surface area contributed by atoms with Crippen molar-refractivity contribution in [3.63, 3.8) is 0 Å². The van der Waals surface area contributed by atoms with E-state index in [0.29, 0.717) is 6.61 Å². The molecule has 0 fully saturated rings. The maximum Gasteiger partial charge on any atom is 0.334 e. The summed E-state index contributed by atoms with van der Waals surface area (Å²) in [5.74, 6) is -0.0875. The molecule has 0 aliphatic heterocycles. The molecule has 0 aromatic rings. The van der Waals surface area contributed by atoms with E-state index >= 15 is 0 Å². The van der Waals surface area contributed by atoms with Gasteiger partial charge >= 0.3 is 5.97 Å². The van der Waals surface area contributed by atoms with Gasteiger partial charge in [0.15, 0.2) is 8.32 Å². The maximum atomic E-state index is 11.9. The Labute approximate surface area is 107 Å². The normalized spacial score (nSPS) is 14.9. The highest BCUT2D eigenvalue weighted by atomic mass is 28.4. The lowest BCUT2D eigenvalue weighted by Gasteiger charge is -2.39. The average molecular weight is 260 g/mol. The Hall–Kier alpha value is -0.353. The van der Waals surface area contributed by atoms with E-state index in [0.717, 1.165) is 0 Å². The quantitative estimate of drug-likeness (QED) is 0.560. The van der Waals surface area contributed by atoms with E-state index in [4.69, 9.17) is 9.16 Å². The van der Waals surface area contributed by atoms with Gasteiger partial charge in [0.25, 0.3) is 0 Å². The Balaban J connectivity index is 4.83. The van der Waals surface area contributed by atoms with Crippen LogP contribution in [0.2, 0.25) is 18.1 Å². The second-order valence-corrected chi connectivity index (χ2v) is 11.1. The largest absolute Gasteiger partial charge is 0.464 e. The second-order valence-electron chi connectivity index (χ2n) is 6.29. The summed E-state index contributed by atoms with van der Waals surface area (Å²) in [6, 6.07) is 0. The molecule has 1 atom stereocenters. The van der Waals surface area contributed by atoms with Gasteiger partial charge in [-0.15, -0.1) is 0 Å². The zero-order valence-electron chi connectivity index (χ0n) is 12.6. The van der Waals surface area contributed by atoms with E-state index in [9.17, 15) is 4.79 Å². The highest BCUT2D eigenvalue weighted by Crippen LogP contribution is 2.38. The summed E-state index contributed by atoms with van der Waals surface area (Å²) < 4.78 is 11.2. The minimum atomic E-state index is -1.92. The molecule has 0 spiro atoms. The summed E-state index contributed by atoms with van der Waals surface area (Å²) in [6.07, 6.45) is -0.434. The molecule has 0 aliphatic carbocycles. The van der Waals surface area contributed by atoms with Crippen LogP contribution >= 0.6 is 0 Å². The fourth-order valence-corrected chi connectivity index (χ4v) is 2.53. The first-order valence-electron chi connectivity index (χ1n) is 6.37. The van der Waals surface area contributed by atoms with Crippen LogP contribution in [0.5, 0.6) is 0 Å². The SMILES string of the molecule is CCOC(=O)[C@@H](O[Si](C)(C)C(C)(C)C)C(C)C. The summed E-state index contributed by atoms with van der Waals surface area (Å²) in [4.78, 5) is 11.9. The Morgan fingerprint density at radius 1 is 1.24 bits per heavy atom. The van der Waals surface area contributed by atoms with Crippen LogP contribution in [0.15, 0.2) is 0 Å². The summed E-state index contributed by atoms with van der Waals surface area (Å²) in [5.41, 5.74) is 0. The third kappa shape index (κ3) is 4.80. The van der Waals surface area contributed by atoms with Gasteiger partial charge in [-0.3, -0.25) is 0 Å². The molecule has 4 heteroatoms. The lowest BCUT2D eigenvalue weighted by molar-refractivity contribution is -0.154. The maximum absolute atomic E-state index is 11.9. The molecule has 0 saturated carbocycles. The molecule has 0 aromatic heterocycles. The van der Waals surface area contributed by atoms with Gasteiger partial charge in [0.2, 0.25) is 0 Å². The third-order valence-electron chi connectivity index (χ3n) is 3.35. The minimum absolute atomic E-state index is 0.104. The van der Waals surface area contributed by atoms with Gasteiger partial charge in [-0.05, 0) is 31.0 Å². The van der Waals surface area contributed by atoms with E-state index in [1.807, 2.05) is 20.8 Å². The molecule has 0 radical (unpaired) electrons. The molecule has 0 heterocycles. The highest BCUT2D eigenvalue weighted by molar-refractivity contribution is 6.74. The van der Waals surface area contributed by atoms with Crippen LogP contribution in [0.4, 0.5) is 0 Å². The fraction of sp³-hybridized carbons (Fsp3) is 0.923. The van der Waals surface area contributed by atoms with Gasteiger partial charge in [-0.1, -0.05) is 34.6 Å². The summed E-state index contributed by atoms with van der Waals surface area (Å²) in [6.45, 7) is 17.0. The van der Waals surface area contributed by atoms with Crippen molar-refractivity contribution in [2.45, 2.75) is 65.8 Å². The minimum Gasteiger partial charge on any atom is -0.464 e. The molecule has 3 nitrogen and oxygen atoms in total. The summed E-state index contributed by atoms with van der Waals surface area (Å²) >= 11 is 0. The number of rotatable bonds is 5. The molecular weight excluding hydrogens is 232 g/mol. The van der Waals surface area contributed by atoms with E-state index in [2.05, 4.69) is 33.9 Å². The van der Waals surface area contributed by atoms with Crippen molar-refractivity contribution >= 4 is 14.3 Å². The van der Waals surface area contributed by atoms with Crippen molar-refractivity contribution in [1.82, 2.24) is 0 Å². The van der Waals surface area contributed by atoms with Crippen LogP contribution in [0.1, 0.15) is 41.5 Å². The van der Waals surface area contributed by atoms with Crippen molar-refractivity contribution in [3.05, 3.63) is 0 Å². The number of ether oxygens (including phenoxy) is 1. The molecule has 0 unspecified atom stereocenters. The summed E-state index contributed by atoms with van der Waals surface area (Å²) in [5, 5.41) is 0.104. The Kier molecular flexibility index (Phi) is 5.88. The first-order chi connectivity index (χ1) is 7.53. The third-order valence-corrected chi connectivity index (χ3v) is 7.81. The first kappa shape index (κ1) is 16.6. The number of hydrogen-bond acceptors (Lipinski definition) is 3. The molecular formula is C13H28O3Si. The monoisotopic (exact) mass is 260 g/mol. The molecule has 0 rings (SSSR count). The van der Waals surface area contributed by atoms with E-state index in [1.54, 1.807) is 0 Å². The van der Waals surface area contributed by atoms with E-state index < -0.39 is 14.4 Å². The van der Waals surface area contributed by atoms with Crippen LogP contribution in [0.25, 0.3) is 0 Å². The standard InChI is InChI=1S/C13H28O3Si/c1-9-15-12(14)11(10(2)3)16-17(7,8)13(4,5)6/h10-11H,9H2,1-8H3/t11-/m0/s1. The van der Waals surface area contributed by atoms with Gasteiger partial charge in [-0.2, -0.15) is 0 Å². The Morgan fingerprint density at radius 3 is 2.00 bits per heavy atom. The van der Waals surface area contributed by atoms with E-state index in [1.165, 1.54) is 0 Å². The van der Waals surface area contributed by atoms with Crippen LogP contribution in [0.3, 0.4) is 0 Å². The number of esters is 1. The van der Waals surface area contributed by atoms with Crippen molar-refractivity contribution in [2.24, 2.45) is 5.92 Å². The Morgan fingerprint density at radius 2 is 1.71 bits per heavy atom. The average Bonchev–Trinajstić information content (AvgIpc) is 2.12. The predicted octanol–water partition coefficient (Wildman–Crippen LogP) is 3.60. The zero-order chi connectivity index (χ0) is 13.9. The number of hydrogen-bond donors (Lipinski definition) is 0. The van der Waals surface area contributed by atoms with Crippen molar-refractivity contribution < 1.29 is 14.0 Å². The predicted molar refractivity (Wildman–Crippen MR) is 73.5 cm³/mol. The van der Waals surface area contributed by atoms with Gasteiger partial charge in [-0.25, -0.2) is 4.79 Å². The van der Waals surface area contributed by atoms with Crippen molar-refractivity contribution in [3.8, 4) is 0 Å². The lowest BCUT2D eigenvalue weighted by atomic mass is 10.1. The van der Waals surface area contributed by atoms with Crippen molar-refractivity contribution in [2.75, 3.05) is 6.61 Å². The molecule has 0 bridgehead atoms. The van der Waals surface area contributed by atoms with Gasteiger partial charge in [0.05, 0.1) is 6.61 Å². The van der Waals surface area contributed by atoms with Crippen LogP contribution in [0, 0.1) is 5.92 Å². The Bertz CT molecular complexity index is 254. The van der Waals surface area contributed by atoms with Gasteiger partial charge < -0.3 is 9.16 Å². The molecule has 17 heavy (non-hydrogen) atoms. The topological polar surface area (TPSA) is 35.5 Å². The van der Waals surface area contributed by atoms with Crippen LogP contribution in [-0.2, 0) is 14.0 Å². The molecule has 0 saturated heterocycles. The smallest absolute Gasteiger partial charge is 0.334 e. The molecule has 0 N–H and O–H groups in total. The van der Waals surface area contributed by atoms with Crippen LogP contribution in [-0.4, -0.2) is 27.0 Å². The number of carbonyl (C=O) groups is 1. The molecule has 0 amide bonds. The summed E-state index contributed by atoms with van der Waals surface area (Å²) in [7, 11) is -1.92. The lowest BCUT2D eigenvalue weighted by Crippen LogP contribution is -2.48. The van der Waals surface area contributed by atoms with Crippen molar-refractivity contribution in [1.29, 1.82) is 0 Å². The van der Waals surface area contributed by atoms with Gasteiger partial charge in [0.1, 0.15) is 6.10 Å². The fourth-order valence-electron chi connectivity index (χ4n) is 1.17. The van der Waals surface area contributed by atoms with E-state index in [-0.39, 0.29) is 16.9 Å². The van der Waals surface area contributed by atoms with Crippen LogP contribution < -0.4 is 0 Å². The zero-order valence-corrected chi connectivity index (χ0v) is 13.6. The van der Waals surface area contributed by atoms with Gasteiger partial charge in [0, 0.05) is 0 Å². The number of carbonyl (C=O) groups excluding carboxylic acids is 1. The molecule has 0 aliphatic rings. The molecule has 102 valence electrons. The highest BCUT2D eigenvalue weighted by Gasteiger charge is 2.41. The second kappa shape index (κ2) is 6.00. The molecule has 0 aromatic carbocycles.